The molecule has 762 valence electrons. The Morgan fingerprint density at radius 2 is 0.902 bits per heavy atom. The number of halogens is 14. The number of H-pyrrole nitrogens is 1. The van der Waals surface area contributed by atoms with Crippen LogP contribution < -0.4 is 10.5 Å². The number of nitrogen functional groups attached to an aromatic ring is 1. The summed E-state index contributed by atoms with van der Waals surface area (Å²) in [6.07, 6.45) is 9.82. The molecule has 2 radical (unpaired) electrons. The van der Waals surface area contributed by atoms with Crippen molar-refractivity contribution in [2.75, 3.05) is 18.9 Å². The van der Waals surface area contributed by atoms with Crippen molar-refractivity contribution in [1.29, 1.82) is 5.26 Å². The van der Waals surface area contributed by atoms with Gasteiger partial charge in [0.15, 0.2) is 23.2 Å². The Morgan fingerprint density at radius 1 is 0.510 bits per heavy atom. The van der Waals surface area contributed by atoms with Gasteiger partial charge in [0.2, 0.25) is 5.52 Å². The summed E-state index contributed by atoms with van der Waals surface area (Å²) >= 11 is 82.2. The number of aliphatic hydroxyl groups is 2. The Balaban J connectivity index is 0.00000162. The van der Waals surface area contributed by atoms with Gasteiger partial charge in [-0.2, -0.15) is 33.8 Å². The largest absolute Gasteiger partial charge is 0.618 e. The van der Waals surface area contributed by atoms with Crippen molar-refractivity contribution in [3.8, 4) is 6.07 Å². The molecule has 9 aromatic heterocycles. The van der Waals surface area contributed by atoms with Crippen molar-refractivity contribution in [3.63, 3.8) is 0 Å². The molecule has 16 aromatic rings. The average Bonchev–Trinajstić information content (AvgIpc) is 1.76. The van der Waals surface area contributed by atoms with E-state index in [1.54, 1.807) is 155 Å². The van der Waals surface area contributed by atoms with E-state index in [4.69, 9.17) is 200 Å². The van der Waals surface area contributed by atoms with Crippen LogP contribution in [-0.4, -0.2) is 133 Å². The fraction of sp³-hybridized carbons (Fsp3) is 0.284. The van der Waals surface area contributed by atoms with Gasteiger partial charge in [-0.1, -0.05) is 308 Å². The molecule has 143 heavy (non-hydrogen) atoms. The molecule has 9 heterocycles. The number of benzene rings is 7. The first-order valence-corrected chi connectivity index (χ1v) is 54.7. The number of carbonyl (C=O) groups excluding carboxylic acids is 1. The van der Waals surface area contributed by atoms with E-state index in [0.29, 0.717) is 158 Å². The maximum absolute atomic E-state index is 11.8. The maximum atomic E-state index is 11.8. The molecule has 0 saturated heterocycles. The first-order valence-electron chi connectivity index (χ1n) is 40.6. The van der Waals surface area contributed by atoms with Crippen LogP contribution in [0.1, 0.15) is 110 Å². The molecule has 7 N–H and O–H groups in total. The number of nitrogens with zero attached hydrogens (tertiary/aromatic N) is 15. The maximum Gasteiger partial charge on any atom is 0.394 e. The smallest absolute Gasteiger partial charge is 0.394 e. The Bertz CT molecular complexity index is 6920. The van der Waals surface area contributed by atoms with Crippen LogP contribution >= 0.6 is 162 Å². The number of nitriles is 1. The van der Waals surface area contributed by atoms with Gasteiger partial charge in [0, 0.05) is 201 Å². The van der Waals surface area contributed by atoms with Gasteiger partial charge < -0.3 is 30.6 Å². The van der Waals surface area contributed by atoms with Crippen molar-refractivity contribution in [2.24, 2.45) is 17.8 Å². The normalized spacial score (nSPS) is 11.5. The Hall–Kier alpha value is -5.19. The summed E-state index contributed by atoms with van der Waals surface area (Å²) in [5.41, 5.74) is 10.0. The zero-order valence-electron chi connectivity index (χ0n) is 76.2. The van der Waals surface area contributed by atoms with Gasteiger partial charge >= 0.3 is 10.4 Å². The summed E-state index contributed by atoms with van der Waals surface area (Å²) in [6.45, 7) is 27.6. The number of ether oxygens (including phenoxy) is 2. The van der Waals surface area contributed by atoms with Gasteiger partial charge in [-0.25, -0.2) is 29.3 Å². The van der Waals surface area contributed by atoms with E-state index in [-0.39, 0.29) is 157 Å². The average molecular weight is 2790 g/mol. The fourth-order valence-corrected chi connectivity index (χ4v) is 15.7. The van der Waals surface area contributed by atoms with E-state index >= 15 is 0 Å². The summed E-state index contributed by atoms with van der Waals surface area (Å²) in [6, 6.07) is 51.3. The summed E-state index contributed by atoms with van der Waals surface area (Å²) in [5.74, 6) is -0.380. The third-order valence-corrected chi connectivity index (χ3v) is 27.8. The van der Waals surface area contributed by atoms with Gasteiger partial charge in [-0.15, -0.1) is 10.2 Å². The zero-order chi connectivity index (χ0) is 99.8. The first kappa shape index (κ1) is 138. The van der Waals surface area contributed by atoms with E-state index in [9.17, 15) is 20.2 Å². The van der Waals surface area contributed by atoms with Crippen LogP contribution in [-0.2, 0) is 117 Å². The minimum Gasteiger partial charge on any atom is -0.618 e. The van der Waals surface area contributed by atoms with Crippen molar-refractivity contribution < 1.29 is 150 Å². The third kappa shape index (κ3) is 42.5. The number of pyridine rings is 6. The second-order valence-electron chi connectivity index (χ2n) is 33.0. The molecule has 2 unspecified atom stereocenters. The zero-order valence-corrected chi connectivity index (χ0v) is 101. The number of nitrogens with two attached hydrogens (primary N) is 1. The number of Topliss-reactive ketones (excluding diaryl/α,β-unsaturated/α-hetero) is 1. The molecule has 0 aliphatic rings. The number of aromatic nitrogens is 15. The van der Waals surface area contributed by atoms with Gasteiger partial charge in [0.1, 0.15) is 42.3 Å². The van der Waals surface area contributed by atoms with Gasteiger partial charge in [0.05, 0.1) is 128 Å². The fourth-order valence-electron chi connectivity index (χ4n) is 11.9. The molecule has 0 bridgehead atoms. The number of carbonyl (C=O) groups is 1. The number of anilines is 1. The van der Waals surface area contributed by atoms with Crippen molar-refractivity contribution in [2.45, 2.75) is 147 Å². The molecule has 0 saturated carbocycles. The van der Waals surface area contributed by atoms with Crippen molar-refractivity contribution >= 4 is 266 Å². The number of ketones is 1. The van der Waals surface area contributed by atoms with Crippen LogP contribution in [0, 0.1) is 65.4 Å². The summed E-state index contributed by atoms with van der Waals surface area (Å²) in [4.78, 5) is 33.6. The minimum atomic E-state index is -4.67. The molecule has 7 aromatic carbocycles. The first-order chi connectivity index (χ1) is 63.3. The van der Waals surface area contributed by atoms with Crippen molar-refractivity contribution in [1.82, 2.24) is 70.3 Å². The third-order valence-electron chi connectivity index (χ3n) is 19.3. The molecule has 27 nitrogen and oxygen atoms in total. The molecular formula is C95H107Cl14N17O10SSi2UVWY. The minimum absolute atomic E-state index is 0. The molecule has 16 rings (SSSR count). The van der Waals surface area contributed by atoms with Crippen LogP contribution in [0.15, 0.2) is 201 Å². The van der Waals surface area contributed by atoms with E-state index in [0.717, 1.165) is 55.2 Å². The Morgan fingerprint density at radius 3 is 1.31 bits per heavy atom. The number of rotatable bonds is 18. The topological polar surface area (TPSA) is 395 Å². The monoisotopic (exact) mass is 2790 g/mol. The molecule has 0 aliphatic carbocycles. The van der Waals surface area contributed by atoms with Gasteiger partial charge in [-0.3, -0.25) is 18.9 Å². The summed E-state index contributed by atoms with van der Waals surface area (Å²) in [5, 5.41) is 80.8. The van der Waals surface area contributed by atoms with Crippen LogP contribution in [0.25, 0.3) is 65.4 Å². The second-order valence-corrected chi connectivity index (χ2v) is 50.8. The number of aromatic amines is 1. The summed E-state index contributed by atoms with van der Waals surface area (Å²) in [7, 11) is -6.76. The molecule has 0 aliphatic heterocycles. The molecular weight excluding hydrogens is 2690 g/mol. The van der Waals surface area contributed by atoms with E-state index < -0.39 is 37.7 Å². The Labute approximate surface area is 980 Å². The van der Waals surface area contributed by atoms with Gasteiger partial charge in [-0.05, 0) is 151 Å². The predicted octanol–water partition coefficient (Wildman–Crippen LogP) is 29.1. The summed E-state index contributed by atoms with van der Waals surface area (Å²) < 4.78 is 46.8. The number of nitrogens with one attached hydrogen (secondary N) is 1. The molecule has 0 fully saturated rings. The van der Waals surface area contributed by atoms with E-state index in [1.165, 1.54) is 18.4 Å². The number of hydrogen-bond acceptors (Lipinski definition) is 21. The van der Waals surface area contributed by atoms with Crippen LogP contribution in [0.5, 0.6) is 0 Å². The SMILES string of the molecule is C.C.C.C.CC(C)C(=O)c1ccc2cc(Cl)c(Cl)cc2n1.CC(C)C(O)(c1cn(COCC[Si](C)(C)C)nn1)c1ccc2cc(Cl)c(Cl)cc2n1.CC(C)C(O)(c1cn[nH]n1)c1ccc2cc(Cl)c(Cl)cc2n1.C[Si](C)(C)CCOCn1ccnn1.Clc1cc2cccnc2cc1Cl.N#Cc1ccc2cc(Cl)c(Cl)cc2n1.Nc1ccc(Cl)c(Cl)c1.O=S(=O)(O)O.[O-][n+]1cccc2cc(Cl)c(Cl)cc21.[U].[V].[W].[Y]. The molecule has 48 heteroatoms. The van der Waals surface area contributed by atoms with Crippen molar-refractivity contribution in [3.05, 3.63) is 311 Å². The van der Waals surface area contributed by atoms with Gasteiger partial charge in [0.25, 0.3) is 0 Å². The van der Waals surface area contributed by atoms with Crippen LogP contribution in [0.3, 0.4) is 0 Å². The standard InChI is InChI=1S/C21H28Cl2N4O2Si.C15H14Cl2N4O.C13H11Cl2NO.C10H4Cl2N2.C9H5Cl2NO.C9H5Cl2N.C8H17N3OSi.C6H5Cl2N.4CH4.H2O4S.U.V.W.Y/c1-14(2)21(28,19-7-6-15-10-16(22)17(23)11-18(15)24-19)20-12-27(26-25-20)13-29-8-9-30(3,4)5;1-8(2)15(22,14-7-18-21-20-14)13-4-3-9-5-10(16)11(17)6-12(9)19-13;1-7(2)13(17)11-4-3-8-5-9(14)10(15)6-12(8)16-11;11-8-3-6-1-2-7(5-13)14-10(6)4-9(8)12;10-7-4-6-2-1-3-12(13)9(6)5-8(7)11;10-7-4-6-2-1-3-12-9(6)5-8(7)11;1-13(2,3)7-6-12-8-11-5-4-9-10-11;7-5-2-1-4(9)3-6(5)8;;;;;1-5(2,3)4;;;;/h6-7,10-12,14,28H,8-9,13H2,1-5H3;3-8,22H,1-2H3,(H,18,20,21);3-7H,1-2H3;1-4H;1-5H;1-5H;4-5H,6-8H2,1-3H3;1-3H,9H2;4*1H4;(H2,1,2,3,4);;;;. The van der Waals surface area contributed by atoms with E-state index in [2.05, 4.69) is 100 Å². The number of hydrogen-bond donors (Lipinski definition) is 6. The van der Waals surface area contributed by atoms with Crippen LogP contribution in [0.4, 0.5) is 5.69 Å². The quantitative estimate of drug-likeness (QED) is 0.00883. The van der Waals surface area contributed by atoms with Crippen LogP contribution in [0.2, 0.25) is 122 Å². The molecule has 0 amide bonds. The second kappa shape index (κ2) is 63.8. The molecule has 2 atom stereocenters. The number of fused-ring (bicyclic) bond motifs is 6. The molecule has 0 spiro atoms. The predicted molar refractivity (Wildman–Crippen MR) is 578 cm³/mol. The Kier molecular flexibility index (Phi) is 61.5. The van der Waals surface area contributed by atoms with E-state index in [1.807, 2.05) is 90.1 Å².